The number of methoxy groups -OCH3 is 3. The Kier molecular flexibility index (Phi) is 11.8. The van der Waals surface area contributed by atoms with Crippen LogP contribution in [0.25, 0.3) is 0 Å². The molecular formula is C31H39N3O7S. The molecule has 0 fully saturated rings. The van der Waals surface area contributed by atoms with E-state index in [9.17, 15) is 18.0 Å². The lowest BCUT2D eigenvalue weighted by molar-refractivity contribution is -0.141. The van der Waals surface area contributed by atoms with Gasteiger partial charge in [0.05, 0.1) is 34.1 Å². The third-order valence-electron chi connectivity index (χ3n) is 6.87. The van der Waals surface area contributed by atoms with Crippen LogP contribution in [0.2, 0.25) is 0 Å². The lowest BCUT2D eigenvalue weighted by Gasteiger charge is -2.32. The highest BCUT2D eigenvalue weighted by molar-refractivity contribution is 7.88. The maximum Gasteiger partial charge on any atom is 0.243 e. The molecular weight excluding hydrogens is 558 g/mol. The maximum atomic E-state index is 13.8. The number of hydrogen-bond donors (Lipinski definition) is 1. The molecule has 2 amide bonds. The van der Waals surface area contributed by atoms with Crippen molar-refractivity contribution in [1.82, 2.24) is 14.5 Å². The van der Waals surface area contributed by atoms with E-state index in [2.05, 4.69) is 5.32 Å². The molecule has 0 aliphatic carbocycles. The van der Waals surface area contributed by atoms with Gasteiger partial charge < -0.3 is 24.4 Å². The van der Waals surface area contributed by atoms with Crippen LogP contribution in [0.5, 0.6) is 17.2 Å². The van der Waals surface area contributed by atoms with Gasteiger partial charge in [-0.25, -0.2) is 8.42 Å². The van der Waals surface area contributed by atoms with E-state index >= 15 is 0 Å². The zero-order valence-electron chi connectivity index (χ0n) is 24.7. The van der Waals surface area contributed by atoms with Crippen LogP contribution in [0.4, 0.5) is 0 Å². The highest BCUT2D eigenvalue weighted by Crippen LogP contribution is 2.27. The molecule has 1 N–H and O–H groups in total. The van der Waals surface area contributed by atoms with Crippen molar-refractivity contribution in [2.24, 2.45) is 0 Å². The van der Waals surface area contributed by atoms with Gasteiger partial charge in [0.1, 0.15) is 11.8 Å². The van der Waals surface area contributed by atoms with Crippen molar-refractivity contribution in [3.05, 3.63) is 89.5 Å². The monoisotopic (exact) mass is 597 g/mol. The quantitative estimate of drug-likeness (QED) is 0.287. The van der Waals surface area contributed by atoms with E-state index in [1.165, 1.54) is 11.9 Å². The van der Waals surface area contributed by atoms with E-state index < -0.39 is 28.5 Å². The summed E-state index contributed by atoms with van der Waals surface area (Å²) in [5.74, 6) is 1.02. The average molecular weight is 598 g/mol. The summed E-state index contributed by atoms with van der Waals surface area (Å²) in [5.41, 5.74) is 2.57. The Morgan fingerprint density at radius 3 is 2.07 bits per heavy atom. The van der Waals surface area contributed by atoms with E-state index in [-0.39, 0.29) is 18.9 Å². The highest BCUT2D eigenvalue weighted by atomic mass is 32.2. The number of sulfonamides is 1. The third kappa shape index (κ3) is 9.22. The summed E-state index contributed by atoms with van der Waals surface area (Å²) >= 11 is 0. The number of amides is 2. The summed E-state index contributed by atoms with van der Waals surface area (Å²) in [6, 6.07) is 21.2. The molecule has 226 valence electrons. The molecule has 0 heterocycles. The predicted molar refractivity (Wildman–Crippen MR) is 161 cm³/mol. The number of ether oxygens (including phenoxy) is 3. The summed E-state index contributed by atoms with van der Waals surface area (Å²) in [4.78, 5) is 28.9. The molecule has 0 aliphatic rings. The van der Waals surface area contributed by atoms with Crippen molar-refractivity contribution >= 4 is 21.8 Å². The van der Waals surface area contributed by atoms with Crippen molar-refractivity contribution in [3.8, 4) is 17.2 Å². The molecule has 3 aromatic rings. The van der Waals surface area contributed by atoms with Crippen molar-refractivity contribution in [2.75, 3.05) is 47.7 Å². The van der Waals surface area contributed by atoms with E-state index in [1.54, 1.807) is 33.5 Å². The van der Waals surface area contributed by atoms with Gasteiger partial charge in [-0.15, -0.1) is 0 Å². The molecule has 0 bridgehead atoms. The third-order valence-corrected chi connectivity index (χ3v) is 8.13. The molecule has 3 rings (SSSR count). The maximum absolute atomic E-state index is 13.8. The number of nitrogens with zero attached hydrogens (tertiary/aromatic N) is 2. The van der Waals surface area contributed by atoms with Crippen molar-refractivity contribution in [2.45, 2.75) is 25.4 Å². The molecule has 1 atom stereocenters. The number of carbonyl (C=O) groups excluding carboxylic acids is 2. The summed E-state index contributed by atoms with van der Waals surface area (Å²) in [6.45, 7) is 0.00758. The van der Waals surface area contributed by atoms with Gasteiger partial charge in [0.2, 0.25) is 21.8 Å². The Balaban J connectivity index is 1.89. The van der Waals surface area contributed by atoms with Gasteiger partial charge in [-0.3, -0.25) is 9.59 Å². The summed E-state index contributed by atoms with van der Waals surface area (Å²) in [6.07, 6.45) is 1.80. The molecule has 0 aliphatic heterocycles. The standard InChI is InChI=1S/C31H39N3O7S/c1-33(42(5,37)38)22-30(35)34(21-25-11-14-26(39-2)15-12-25)27(19-23-9-7-6-8-10-23)31(36)32-18-17-24-13-16-28(40-3)29(20-24)41-4/h6-16,20,27H,17-19,21-22H2,1-5H3,(H,32,36)/t27-/m1/s1. The van der Waals surface area contributed by atoms with Crippen LogP contribution >= 0.6 is 0 Å². The molecule has 0 saturated heterocycles. The van der Waals surface area contributed by atoms with E-state index in [4.69, 9.17) is 14.2 Å². The minimum absolute atomic E-state index is 0.0982. The van der Waals surface area contributed by atoms with Gasteiger partial charge in [0.15, 0.2) is 11.5 Å². The Hall–Kier alpha value is -4.09. The Morgan fingerprint density at radius 1 is 0.833 bits per heavy atom. The highest BCUT2D eigenvalue weighted by Gasteiger charge is 2.31. The number of benzene rings is 3. The first kappa shape index (κ1) is 32.4. The molecule has 0 unspecified atom stereocenters. The largest absolute Gasteiger partial charge is 0.497 e. The molecule has 10 nitrogen and oxygen atoms in total. The first-order valence-electron chi connectivity index (χ1n) is 13.4. The molecule has 0 spiro atoms. The zero-order chi connectivity index (χ0) is 30.7. The lowest BCUT2D eigenvalue weighted by Crippen LogP contribution is -2.53. The first-order valence-corrected chi connectivity index (χ1v) is 15.3. The van der Waals surface area contributed by atoms with Crippen molar-refractivity contribution in [3.63, 3.8) is 0 Å². The smallest absolute Gasteiger partial charge is 0.243 e. The van der Waals surface area contributed by atoms with E-state index in [0.29, 0.717) is 30.2 Å². The number of likely N-dealkylation sites (N-methyl/N-ethyl adjacent to an activating group) is 1. The van der Waals surface area contributed by atoms with Crippen molar-refractivity contribution < 1.29 is 32.2 Å². The lowest BCUT2D eigenvalue weighted by atomic mass is 10.0. The van der Waals surface area contributed by atoms with Gasteiger partial charge in [0, 0.05) is 26.6 Å². The molecule has 0 aromatic heterocycles. The summed E-state index contributed by atoms with van der Waals surface area (Å²) < 4.78 is 41.2. The summed E-state index contributed by atoms with van der Waals surface area (Å²) in [5, 5.41) is 2.98. The van der Waals surface area contributed by atoms with Gasteiger partial charge in [-0.1, -0.05) is 48.5 Å². The molecule has 42 heavy (non-hydrogen) atoms. The Labute approximate surface area is 248 Å². The van der Waals surface area contributed by atoms with Crippen LogP contribution < -0.4 is 19.5 Å². The molecule has 0 radical (unpaired) electrons. The SMILES string of the molecule is COc1ccc(CN(C(=O)CN(C)S(C)(=O)=O)[C@H](Cc2ccccc2)C(=O)NCCc2ccc(OC)c(OC)c2)cc1. The van der Waals surface area contributed by atoms with Gasteiger partial charge in [-0.05, 0) is 47.4 Å². The molecule has 3 aromatic carbocycles. The molecule has 11 heteroatoms. The zero-order valence-corrected chi connectivity index (χ0v) is 25.5. The normalized spacial score (nSPS) is 12.0. The van der Waals surface area contributed by atoms with Gasteiger partial charge in [-0.2, -0.15) is 4.31 Å². The Bertz CT molecular complexity index is 1430. The van der Waals surface area contributed by atoms with Gasteiger partial charge in [0.25, 0.3) is 0 Å². The second kappa shape index (κ2) is 15.2. The van der Waals surface area contributed by atoms with Crippen LogP contribution in [-0.4, -0.2) is 83.2 Å². The van der Waals surface area contributed by atoms with Crippen LogP contribution in [-0.2, 0) is 39.0 Å². The Morgan fingerprint density at radius 2 is 1.48 bits per heavy atom. The second-order valence-corrected chi connectivity index (χ2v) is 11.9. The fourth-order valence-electron chi connectivity index (χ4n) is 4.36. The van der Waals surface area contributed by atoms with Crippen LogP contribution in [0.15, 0.2) is 72.8 Å². The van der Waals surface area contributed by atoms with Crippen LogP contribution in [0.3, 0.4) is 0 Å². The topological polar surface area (TPSA) is 114 Å². The first-order chi connectivity index (χ1) is 20.0. The van der Waals surface area contributed by atoms with E-state index in [0.717, 1.165) is 27.3 Å². The van der Waals surface area contributed by atoms with Crippen molar-refractivity contribution in [1.29, 1.82) is 0 Å². The number of carbonyl (C=O) groups is 2. The molecule has 0 saturated carbocycles. The van der Waals surface area contributed by atoms with Crippen LogP contribution in [0, 0.1) is 0 Å². The number of hydrogen-bond acceptors (Lipinski definition) is 7. The second-order valence-electron chi connectivity index (χ2n) is 9.82. The minimum Gasteiger partial charge on any atom is -0.497 e. The number of nitrogens with one attached hydrogen (secondary N) is 1. The summed E-state index contributed by atoms with van der Waals surface area (Å²) in [7, 11) is 2.41. The van der Waals surface area contributed by atoms with E-state index in [1.807, 2.05) is 60.7 Å². The van der Waals surface area contributed by atoms with Gasteiger partial charge >= 0.3 is 0 Å². The number of rotatable bonds is 15. The fraction of sp³-hybridized carbons (Fsp3) is 0.355. The minimum atomic E-state index is -3.62. The predicted octanol–water partition coefficient (Wildman–Crippen LogP) is 2.90. The van der Waals surface area contributed by atoms with Crippen LogP contribution in [0.1, 0.15) is 16.7 Å². The average Bonchev–Trinajstić information content (AvgIpc) is 2.98. The fourth-order valence-corrected chi connectivity index (χ4v) is 4.71.